The Kier molecular flexibility index (Phi) is 5.31. The molecular weight excluding hydrogens is 376 g/mol. The molecule has 21 heavy (non-hydrogen) atoms. The van der Waals surface area contributed by atoms with Crippen LogP contribution in [0.5, 0.6) is 0 Å². The maximum atomic E-state index is 12.4. The van der Waals surface area contributed by atoms with Gasteiger partial charge in [-0.25, -0.2) is 18.4 Å². The van der Waals surface area contributed by atoms with Crippen molar-refractivity contribution in [1.29, 1.82) is 0 Å². The average molecular weight is 391 g/mol. The van der Waals surface area contributed by atoms with Crippen LogP contribution in [0.25, 0.3) is 0 Å². The van der Waals surface area contributed by atoms with E-state index in [-0.39, 0.29) is 4.90 Å². The van der Waals surface area contributed by atoms with Crippen molar-refractivity contribution in [3.8, 4) is 0 Å². The van der Waals surface area contributed by atoms with Crippen LogP contribution in [-0.4, -0.2) is 36.3 Å². The molecule has 0 spiro atoms. The minimum atomic E-state index is -3.59. The summed E-state index contributed by atoms with van der Waals surface area (Å²) in [4.78, 5) is 9.03. The lowest BCUT2D eigenvalue weighted by atomic mass is 10.5. The van der Waals surface area contributed by atoms with Gasteiger partial charge in [0.1, 0.15) is 4.90 Å². The molecule has 0 aliphatic carbocycles. The summed E-state index contributed by atoms with van der Waals surface area (Å²) >= 11 is 4.86. The van der Waals surface area contributed by atoms with E-state index < -0.39 is 10.0 Å². The molecule has 0 bridgehead atoms. The molecule has 6 nitrogen and oxygen atoms in total. The summed E-state index contributed by atoms with van der Waals surface area (Å²) in [6.07, 6.45) is 2.64. The molecule has 1 N–H and O–H groups in total. The number of hydrogen-bond donors (Lipinski definition) is 1. The Hall–Kier alpha value is -1.03. The number of nitrogens with one attached hydrogen (secondary N) is 1. The Labute approximate surface area is 136 Å². The van der Waals surface area contributed by atoms with E-state index in [1.54, 1.807) is 7.05 Å². The topological polar surface area (TPSA) is 75.2 Å². The van der Waals surface area contributed by atoms with Gasteiger partial charge in [-0.3, -0.25) is 0 Å². The molecule has 0 aliphatic rings. The average Bonchev–Trinajstić information content (AvgIpc) is 2.85. The standard InChI is InChI=1S/C12H15BrN4O2S2/c1-3-14-12-15-5-11(6-16-12)21(18,19)17(2)7-10-4-9(13)8-20-10/h4-6,8H,3,7H2,1-2H3,(H,14,15,16). The van der Waals surface area contributed by atoms with Crippen LogP contribution < -0.4 is 5.32 Å². The number of halogens is 1. The fourth-order valence-corrected chi connectivity index (χ4v) is 4.25. The number of aromatic nitrogens is 2. The summed E-state index contributed by atoms with van der Waals surface area (Å²) in [6, 6.07) is 1.90. The molecule has 2 aromatic rings. The molecule has 0 aliphatic heterocycles. The molecule has 114 valence electrons. The van der Waals surface area contributed by atoms with Gasteiger partial charge in [0.2, 0.25) is 16.0 Å². The Bertz CT molecular complexity index is 700. The van der Waals surface area contributed by atoms with Gasteiger partial charge in [0.05, 0.1) is 12.4 Å². The number of rotatable bonds is 6. The second kappa shape index (κ2) is 6.82. The number of anilines is 1. The van der Waals surface area contributed by atoms with E-state index >= 15 is 0 Å². The van der Waals surface area contributed by atoms with Crippen LogP contribution in [0.3, 0.4) is 0 Å². The van der Waals surface area contributed by atoms with Gasteiger partial charge in [0.25, 0.3) is 0 Å². The van der Waals surface area contributed by atoms with Crippen LogP contribution in [-0.2, 0) is 16.6 Å². The Morgan fingerprint density at radius 3 is 2.57 bits per heavy atom. The summed E-state index contributed by atoms with van der Waals surface area (Å²) in [7, 11) is -2.04. The van der Waals surface area contributed by atoms with Crippen molar-refractivity contribution < 1.29 is 8.42 Å². The molecule has 0 atom stereocenters. The summed E-state index contributed by atoms with van der Waals surface area (Å²) in [5.74, 6) is 0.418. The van der Waals surface area contributed by atoms with E-state index in [1.165, 1.54) is 28.0 Å². The third-order valence-electron chi connectivity index (χ3n) is 2.67. The van der Waals surface area contributed by atoms with Crippen molar-refractivity contribution in [2.75, 3.05) is 18.9 Å². The first-order valence-corrected chi connectivity index (χ1v) is 9.30. The van der Waals surface area contributed by atoms with Gasteiger partial charge in [0, 0.05) is 34.9 Å². The fraction of sp³-hybridized carbons (Fsp3) is 0.333. The Morgan fingerprint density at radius 1 is 1.38 bits per heavy atom. The number of nitrogens with zero attached hydrogens (tertiary/aromatic N) is 3. The van der Waals surface area contributed by atoms with E-state index in [4.69, 9.17) is 0 Å². The predicted molar refractivity (Wildman–Crippen MR) is 86.9 cm³/mol. The van der Waals surface area contributed by atoms with E-state index in [0.717, 1.165) is 9.35 Å². The normalized spacial score (nSPS) is 11.8. The zero-order valence-electron chi connectivity index (χ0n) is 11.6. The Morgan fingerprint density at radius 2 is 2.05 bits per heavy atom. The predicted octanol–water partition coefficient (Wildman–Crippen LogP) is 2.55. The SMILES string of the molecule is CCNc1ncc(S(=O)(=O)N(C)Cc2cc(Br)cs2)cn1. The van der Waals surface area contributed by atoms with E-state index in [2.05, 4.69) is 31.2 Å². The fourth-order valence-electron chi connectivity index (χ4n) is 1.62. The van der Waals surface area contributed by atoms with Crippen LogP contribution in [0.2, 0.25) is 0 Å². The molecule has 0 unspecified atom stereocenters. The van der Waals surface area contributed by atoms with E-state index in [0.29, 0.717) is 19.0 Å². The lowest BCUT2D eigenvalue weighted by Crippen LogP contribution is -2.26. The van der Waals surface area contributed by atoms with Gasteiger partial charge in [-0.1, -0.05) is 0 Å². The van der Waals surface area contributed by atoms with Gasteiger partial charge in [-0.15, -0.1) is 11.3 Å². The highest BCUT2D eigenvalue weighted by molar-refractivity contribution is 9.10. The van der Waals surface area contributed by atoms with Crippen LogP contribution in [0.15, 0.2) is 33.2 Å². The molecule has 2 aromatic heterocycles. The van der Waals surface area contributed by atoms with Gasteiger partial charge >= 0.3 is 0 Å². The first-order valence-electron chi connectivity index (χ1n) is 6.18. The second-order valence-electron chi connectivity index (χ2n) is 4.27. The van der Waals surface area contributed by atoms with E-state index in [9.17, 15) is 8.42 Å². The zero-order valence-corrected chi connectivity index (χ0v) is 14.8. The summed E-state index contributed by atoms with van der Waals surface area (Å²) < 4.78 is 27.1. The highest BCUT2D eigenvalue weighted by Gasteiger charge is 2.22. The second-order valence-corrected chi connectivity index (χ2v) is 8.22. The molecular formula is C12H15BrN4O2S2. The van der Waals surface area contributed by atoms with Crippen LogP contribution in [0.1, 0.15) is 11.8 Å². The van der Waals surface area contributed by atoms with Crippen molar-refractivity contribution in [3.63, 3.8) is 0 Å². The third-order valence-corrected chi connectivity index (χ3v) is 6.11. The van der Waals surface area contributed by atoms with Gasteiger partial charge in [-0.2, -0.15) is 4.31 Å². The monoisotopic (exact) mass is 390 g/mol. The molecule has 0 amide bonds. The van der Waals surface area contributed by atoms with Crippen molar-refractivity contribution in [3.05, 3.63) is 33.2 Å². The first kappa shape index (κ1) is 16.3. The van der Waals surface area contributed by atoms with Crippen molar-refractivity contribution >= 4 is 43.2 Å². The van der Waals surface area contributed by atoms with Crippen molar-refractivity contribution in [1.82, 2.24) is 14.3 Å². The number of hydrogen-bond acceptors (Lipinski definition) is 6. The van der Waals surface area contributed by atoms with Crippen LogP contribution in [0.4, 0.5) is 5.95 Å². The number of thiophene rings is 1. The Balaban J connectivity index is 2.16. The molecule has 2 rings (SSSR count). The molecule has 0 saturated carbocycles. The minimum Gasteiger partial charge on any atom is -0.355 e. The summed E-state index contributed by atoms with van der Waals surface area (Å²) in [6.45, 7) is 2.91. The molecule has 0 saturated heterocycles. The number of sulfonamides is 1. The summed E-state index contributed by atoms with van der Waals surface area (Å²) in [5, 5.41) is 4.84. The highest BCUT2D eigenvalue weighted by atomic mass is 79.9. The smallest absolute Gasteiger partial charge is 0.246 e. The van der Waals surface area contributed by atoms with Gasteiger partial charge in [0.15, 0.2) is 0 Å². The molecule has 0 fully saturated rings. The largest absolute Gasteiger partial charge is 0.355 e. The summed E-state index contributed by atoms with van der Waals surface area (Å²) in [5.41, 5.74) is 0. The lowest BCUT2D eigenvalue weighted by molar-refractivity contribution is 0.469. The highest BCUT2D eigenvalue weighted by Crippen LogP contribution is 2.23. The maximum Gasteiger partial charge on any atom is 0.246 e. The lowest BCUT2D eigenvalue weighted by Gasteiger charge is -2.16. The third kappa shape index (κ3) is 4.00. The van der Waals surface area contributed by atoms with Crippen LogP contribution in [0, 0.1) is 0 Å². The molecule has 0 radical (unpaired) electrons. The first-order chi connectivity index (χ1) is 9.93. The van der Waals surface area contributed by atoms with Gasteiger partial charge < -0.3 is 5.32 Å². The molecule has 2 heterocycles. The zero-order chi connectivity index (χ0) is 15.5. The van der Waals surface area contributed by atoms with Gasteiger partial charge in [-0.05, 0) is 28.9 Å². The minimum absolute atomic E-state index is 0.0854. The molecule has 9 heteroatoms. The van der Waals surface area contributed by atoms with Crippen molar-refractivity contribution in [2.45, 2.75) is 18.4 Å². The quantitative estimate of drug-likeness (QED) is 0.819. The van der Waals surface area contributed by atoms with Crippen molar-refractivity contribution in [2.24, 2.45) is 0 Å². The van der Waals surface area contributed by atoms with E-state index in [1.807, 2.05) is 18.4 Å². The molecule has 0 aromatic carbocycles. The maximum absolute atomic E-state index is 12.4. The van der Waals surface area contributed by atoms with Crippen LogP contribution >= 0.6 is 27.3 Å².